The minimum atomic E-state index is 0.0728. The molecule has 0 aliphatic heterocycles. The third-order valence-electron chi connectivity index (χ3n) is 4.45. The van der Waals surface area contributed by atoms with Gasteiger partial charge in [-0.3, -0.25) is 4.68 Å². The fourth-order valence-electron chi connectivity index (χ4n) is 2.42. The van der Waals surface area contributed by atoms with Crippen molar-refractivity contribution >= 4 is 15.9 Å². The highest BCUT2D eigenvalue weighted by Gasteiger charge is 2.32. The van der Waals surface area contributed by atoms with E-state index in [1.54, 1.807) is 0 Å². The van der Waals surface area contributed by atoms with E-state index in [4.69, 9.17) is 0 Å². The number of hydrogen-bond donors (Lipinski definition) is 1. The molecule has 0 spiro atoms. The lowest BCUT2D eigenvalue weighted by Crippen LogP contribution is -2.55. The lowest BCUT2D eigenvalue weighted by molar-refractivity contribution is 0.140. The zero-order valence-electron chi connectivity index (χ0n) is 13.9. The molecule has 1 N–H and O–H groups in total. The number of rotatable bonds is 7. The molecular weight excluding hydrogens is 316 g/mol. The summed E-state index contributed by atoms with van der Waals surface area (Å²) in [4.78, 5) is 2.27. The molecule has 20 heavy (non-hydrogen) atoms. The summed E-state index contributed by atoms with van der Waals surface area (Å²) in [7, 11) is 6.30. The Balaban J connectivity index is 3.10. The number of hydrogen-bond acceptors (Lipinski definition) is 3. The fourth-order valence-corrected chi connectivity index (χ4v) is 3.15. The van der Waals surface area contributed by atoms with Gasteiger partial charge in [-0.25, -0.2) is 0 Å². The quantitative estimate of drug-likeness (QED) is 0.825. The Hall–Kier alpha value is -0.390. The predicted octanol–water partition coefficient (Wildman–Crippen LogP) is 2.70. The second-order valence-electron chi connectivity index (χ2n) is 5.97. The molecule has 0 fully saturated rings. The lowest BCUT2D eigenvalue weighted by atomic mass is 9.89. The molecule has 1 rings (SSSR count). The van der Waals surface area contributed by atoms with E-state index in [1.165, 1.54) is 10.2 Å². The number of likely N-dealkylation sites (N-methyl/N-ethyl adjacent to an activating group) is 2. The molecule has 1 heterocycles. The summed E-state index contributed by atoms with van der Waals surface area (Å²) in [5, 5.41) is 8.16. The van der Waals surface area contributed by atoms with Crippen molar-refractivity contribution in [1.82, 2.24) is 20.0 Å². The summed E-state index contributed by atoms with van der Waals surface area (Å²) in [5.41, 5.74) is 2.52. The number of nitrogens with zero attached hydrogens (tertiary/aromatic N) is 3. The molecule has 0 saturated carbocycles. The molecule has 0 amide bonds. The van der Waals surface area contributed by atoms with Crippen molar-refractivity contribution in [3.8, 4) is 0 Å². The Bertz CT molecular complexity index is 437. The van der Waals surface area contributed by atoms with E-state index in [0.29, 0.717) is 6.04 Å². The van der Waals surface area contributed by atoms with Crippen LogP contribution < -0.4 is 5.32 Å². The maximum atomic E-state index is 4.69. The van der Waals surface area contributed by atoms with Crippen LogP contribution in [0.5, 0.6) is 0 Å². The average Bonchev–Trinajstić information content (AvgIpc) is 2.71. The van der Waals surface area contributed by atoms with Gasteiger partial charge in [-0.2, -0.15) is 5.10 Å². The SMILES string of the molecule is CCc1nn(CC)c(CC(NC)C(C)(C)N(C)C)c1Br. The lowest BCUT2D eigenvalue weighted by Gasteiger charge is -2.40. The highest BCUT2D eigenvalue weighted by Crippen LogP contribution is 2.27. The maximum absolute atomic E-state index is 4.69. The molecule has 5 heteroatoms. The number of aryl methyl sites for hydroxylation is 2. The summed E-state index contributed by atoms with van der Waals surface area (Å²) in [6.45, 7) is 9.75. The Labute approximate surface area is 132 Å². The molecule has 0 saturated heterocycles. The van der Waals surface area contributed by atoms with Crippen LogP contribution in [0.2, 0.25) is 0 Å². The van der Waals surface area contributed by atoms with Crippen LogP contribution in [-0.4, -0.2) is 47.4 Å². The van der Waals surface area contributed by atoms with Crippen molar-refractivity contribution in [1.29, 1.82) is 0 Å². The zero-order chi connectivity index (χ0) is 15.5. The number of halogens is 1. The number of aromatic nitrogens is 2. The van der Waals surface area contributed by atoms with Crippen LogP contribution in [0.15, 0.2) is 4.47 Å². The maximum Gasteiger partial charge on any atom is 0.0766 e. The molecule has 1 unspecified atom stereocenters. The second kappa shape index (κ2) is 7.05. The first-order valence-electron chi connectivity index (χ1n) is 7.38. The van der Waals surface area contributed by atoms with Gasteiger partial charge in [0.2, 0.25) is 0 Å². The molecule has 0 aliphatic carbocycles. The summed E-state index contributed by atoms with van der Waals surface area (Å²) in [6, 6.07) is 0.362. The molecule has 0 radical (unpaired) electrons. The zero-order valence-corrected chi connectivity index (χ0v) is 15.5. The molecular formula is C15H29BrN4. The van der Waals surface area contributed by atoms with Crippen molar-refractivity contribution in [3.05, 3.63) is 15.9 Å². The van der Waals surface area contributed by atoms with Gasteiger partial charge in [0.05, 0.1) is 15.9 Å². The van der Waals surface area contributed by atoms with Crippen LogP contribution in [-0.2, 0) is 19.4 Å². The predicted molar refractivity (Wildman–Crippen MR) is 89.3 cm³/mol. The van der Waals surface area contributed by atoms with Gasteiger partial charge >= 0.3 is 0 Å². The topological polar surface area (TPSA) is 33.1 Å². The van der Waals surface area contributed by atoms with Crippen LogP contribution in [0, 0.1) is 0 Å². The third kappa shape index (κ3) is 3.43. The van der Waals surface area contributed by atoms with Crippen LogP contribution in [0.4, 0.5) is 0 Å². The van der Waals surface area contributed by atoms with E-state index < -0.39 is 0 Å². The van der Waals surface area contributed by atoms with Crippen molar-refractivity contribution in [2.24, 2.45) is 0 Å². The van der Waals surface area contributed by atoms with Crippen LogP contribution in [0.25, 0.3) is 0 Å². The van der Waals surface area contributed by atoms with Crippen LogP contribution >= 0.6 is 15.9 Å². The van der Waals surface area contributed by atoms with Gasteiger partial charge < -0.3 is 10.2 Å². The van der Waals surface area contributed by atoms with E-state index in [9.17, 15) is 0 Å². The summed E-state index contributed by atoms with van der Waals surface area (Å²) in [5.74, 6) is 0. The molecule has 1 atom stereocenters. The average molecular weight is 345 g/mol. The minimum absolute atomic E-state index is 0.0728. The Morgan fingerprint density at radius 1 is 1.35 bits per heavy atom. The van der Waals surface area contributed by atoms with E-state index >= 15 is 0 Å². The van der Waals surface area contributed by atoms with Gasteiger partial charge in [-0.05, 0) is 64.3 Å². The summed E-state index contributed by atoms with van der Waals surface area (Å²) >= 11 is 3.74. The third-order valence-corrected chi connectivity index (χ3v) is 5.36. The number of nitrogens with one attached hydrogen (secondary N) is 1. The Morgan fingerprint density at radius 3 is 2.35 bits per heavy atom. The molecule has 1 aromatic rings. The molecule has 1 aromatic heterocycles. The van der Waals surface area contributed by atoms with Gasteiger partial charge in [-0.1, -0.05) is 6.92 Å². The smallest absolute Gasteiger partial charge is 0.0766 e. The molecule has 0 aromatic carbocycles. The van der Waals surface area contributed by atoms with Gasteiger partial charge in [0.1, 0.15) is 0 Å². The minimum Gasteiger partial charge on any atom is -0.315 e. The highest BCUT2D eigenvalue weighted by atomic mass is 79.9. The van der Waals surface area contributed by atoms with E-state index in [1.807, 2.05) is 7.05 Å². The van der Waals surface area contributed by atoms with Crippen molar-refractivity contribution < 1.29 is 0 Å². The fraction of sp³-hybridized carbons (Fsp3) is 0.800. The van der Waals surface area contributed by atoms with Gasteiger partial charge in [0.25, 0.3) is 0 Å². The molecule has 4 nitrogen and oxygen atoms in total. The first-order chi connectivity index (χ1) is 9.29. The first-order valence-corrected chi connectivity index (χ1v) is 8.17. The normalized spacial score (nSPS) is 14.1. The molecule has 116 valence electrons. The first kappa shape index (κ1) is 17.7. The summed E-state index contributed by atoms with van der Waals surface area (Å²) < 4.78 is 3.30. The van der Waals surface area contributed by atoms with E-state index in [-0.39, 0.29) is 5.54 Å². The van der Waals surface area contributed by atoms with Gasteiger partial charge in [0, 0.05) is 24.5 Å². The monoisotopic (exact) mass is 344 g/mol. The van der Waals surface area contributed by atoms with E-state index in [0.717, 1.165) is 25.1 Å². The largest absolute Gasteiger partial charge is 0.315 e. The highest BCUT2D eigenvalue weighted by molar-refractivity contribution is 9.10. The molecule has 0 aliphatic rings. The van der Waals surface area contributed by atoms with Crippen LogP contribution in [0.3, 0.4) is 0 Å². The van der Waals surface area contributed by atoms with Crippen LogP contribution in [0.1, 0.15) is 39.1 Å². The van der Waals surface area contributed by atoms with Crippen molar-refractivity contribution in [3.63, 3.8) is 0 Å². The van der Waals surface area contributed by atoms with Gasteiger partial charge in [-0.15, -0.1) is 0 Å². The Morgan fingerprint density at radius 2 is 1.95 bits per heavy atom. The second-order valence-corrected chi connectivity index (χ2v) is 6.76. The summed E-state index contributed by atoms with van der Waals surface area (Å²) in [6.07, 6.45) is 1.92. The van der Waals surface area contributed by atoms with E-state index in [2.05, 4.69) is 77.7 Å². The standard InChI is InChI=1S/C15H29BrN4/c1-8-11-14(16)12(20(9-2)18-11)10-13(17-5)15(3,4)19(6)7/h13,17H,8-10H2,1-7H3. The molecule has 0 bridgehead atoms. The Kier molecular flexibility index (Phi) is 6.23. The van der Waals surface area contributed by atoms with Gasteiger partial charge in [0.15, 0.2) is 0 Å². The van der Waals surface area contributed by atoms with Crippen molar-refractivity contribution in [2.75, 3.05) is 21.1 Å². The van der Waals surface area contributed by atoms with Crippen molar-refractivity contribution in [2.45, 2.75) is 58.7 Å².